The molecule has 0 radical (unpaired) electrons. The molecule has 1 N–H and O–H groups in total. The Kier molecular flexibility index (Phi) is 2.44. The maximum absolute atomic E-state index is 9.52. The monoisotopic (exact) mass is 190 g/mol. The van der Waals surface area contributed by atoms with Gasteiger partial charge >= 0.3 is 0 Å². The standard InChI is InChI=1S/C12H14O2/c1-2-3-6-10-8-9-5-4-7-11(13)12(9)14-10/h4-5,7-8,13H,2-3,6H2,1H3. The fraction of sp³-hybridized carbons (Fsp3) is 0.333. The second kappa shape index (κ2) is 3.74. The first kappa shape index (κ1) is 9.13. The number of aromatic hydroxyl groups is 1. The average molecular weight is 190 g/mol. The zero-order valence-electron chi connectivity index (χ0n) is 8.29. The van der Waals surface area contributed by atoms with Gasteiger partial charge in [0.05, 0.1) is 0 Å². The molecule has 0 aliphatic heterocycles. The van der Waals surface area contributed by atoms with Crippen LogP contribution in [-0.2, 0) is 6.42 Å². The summed E-state index contributed by atoms with van der Waals surface area (Å²) in [6.07, 6.45) is 3.23. The van der Waals surface area contributed by atoms with Crippen molar-refractivity contribution in [3.8, 4) is 5.75 Å². The summed E-state index contributed by atoms with van der Waals surface area (Å²) in [6, 6.07) is 7.44. The van der Waals surface area contributed by atoms with Gasteiger partial charge in [-0.2, -0.15) is 0 Å². The molecule has 0 fully saturated rings. The smallest absolute Gasteiger partial charge is 0.175 e. The second-order valence-corrected chi connectivity index (χ2v) is 3.51. The molecule has 0 atom stereocenters. The largest absolute Gasteiger partial charge is 0.504 e. The van der Waals surface area contributed by atoms with E-state index in [9.17, 15) is 5.11 Å². The van der Waals surface area contributed by atoms with Crippen LogP contribution < -0.4 is 0 Å². The summed E-state index contributed by atoms with van der Waals surface area (Å²) in [5.41, 5.74) is 0.610. The van der Waals surface area contributed by atoms with Gasteiger partial charge in [0.25, 0.3) is 0 Å². The summed E-state index contributed by atoms with van der Waals surface area (Å²) in [5.74, 6) is 1.19. The Bertz CT molecular complexity index is 429. The van der Waals surface area contributed by atoms with Gasteiger partial charge in [-0.05, 0) is 18.6 Å². The Balaban J connectivity index is 2.36. The second-order valence-electron chi connectivity index (χ2n) is 3.51. The summed E-state index contributed by atoms with van der Waals surface area (Å²) in [7, 11) is 0. The molecule has 2 rings (SSSR count). The quantitative estimate of drug-likeness (QED) is 0.803. The highest BCUT2D eigenvalue weighted by Gasteiger charge is 2.06. The van der Waals surface area contributed by atoms with Gasteiger partial charge in [0.2, 0.25) is 0 Å². The molecule has 0 unspecified atom stereocenters. The van der Waals surface area contributed by atoms with Crippen LogP contribution in [0.5, 0.6) is 5.75 Å². The van der Waals surface area contributed by atoms with Gasteiger partial charge in [-0.25, -0.2) is 0 Å². The van der Waals surface area contributed by atoms with Gasteiger partial charge in [-0.1, -0.05) is 25.5 Å². The fourth-order valence-electron chi connectivity index (χ4n) is 1.58. The minimum Gasteiger partial charge on any atom is -0.504 e. The highest BCUT2D eigenvalue weighted by atomic mass is 16.4. The van der Waals surface area contributed by atoms with Crippen LogP contribution in [0, 0.1) is 0 Å². The topological polar surface area (TPSA) is 33.4 Å². The van der Waals surface area contributed by atoms with Crippen molar-refractivity contribution >= 4 is 11.0 Å². The number of unbranched alkanes of at least 4 members (excludes halogenated alkanes) is 1. The number of furan rings is 1. The number of para-hydroxylation sites is 1. The van der Waals surface area contributed by atoms with Gasteiger partial charge < -0.3 is 9.52 Å². The summed E-state index contributed by atoms with van der Waals surface area (Å²) in [6.45, 7) is 2.15. The van der Waals surface area contributed by atoms with Gasteiger partial charge in [-0.15, -0.1) is 0 Å². The molecule has 0 saturated heterocycles. The summed E-state index contributed by atoms with van der Waals surface area (Å²) in [4.78, 5) is 0. The Morgan fingerprint density at radius 1 is 1.36 bits per heavy atom. The molecule has 74 valence electrons. The van der Waals surface area contributed by atoms with Crippen molar-refractivity contribution in [1.82, 2.24) is 0 Å². The number of phenols is 1. The van der Waals surface area contributed by atoms with E-state index < -0.39 is 0 Å². The van der Waals surface area contributed by atoms with E-state index in [1.165, 1.54) is 0 Å². The van der Waals surface area contributed by atoms with Crippen LogP contribution in [0.25, 0.3) is 11.0 Å². The van der Waals surface area contributed by atoms with Crippen LogP contribution >= 0.6 is 0 Å². The molecule has 2 heteroatoms. The molecule has 2 aromatic rings. The Morgan fingerprint density at radius 2 is 2.21 bits per heavy atom. The van der Waals surface area contributed by atoms with Gasteiger partial charge in [0.15, 0.2) is 11.3 Å². The third-order valence-corrected chi connectivity index (χ3v) is 2.35. The molecule has 0 spiro atoms. The zero-order chi connectivity index (χ0) is 9.97. The van der Waals surface area contributed by atoms with Gasteiger partial charge in [-0.3, -0.25) is 0 Å². The van der Waals surface area contributed by atoms with Crippen LogP contribution in [0.4, 0.5) is 0 Å². The van der Waals surface area contributed by atoms with Gasteiger partial charge in [0.1, 0.15) is 5.76 Å². The molecule has 0 amide bonds. The first-order chi connectivity index (χ1) is 6.81. The van der Waals surface area contributed by atoms with E-state index in [0.29, 0.717) is 5.58 Å². The first-order valence-corrected chi connectivity index (χ1v) is 5.01. The lowest BCUT2D eigenvalue weighted by molar-refractivity contribution is 0.456. The molecule has 2 nitrogen and oxygen atoms in total. The van der Waals surface area contributed by atoms with E-state index >= 15 is 0 Å². The molecule has 0 aliphatic carbocycles. The van der Waals surface area contributed by atoms with Crippen molar-refractivity contribution in [2.75, 3.05) is 0 Å². The molecule has 0 aliphatic rings. The molecular formula is C12H14O2. The van der Waals surface area contributed by atoms with E-state index in [0.717, 1.165) is 30.4 Å². The average Bonchev–Trinajstić information content (AvgIpc) is 2.59. The molecule has 1 aromatic heterocycles. The highest BCUT2D eigenvalue weighted by molar-refractivity contribution is 5.83. The third-order valence-electron chi connectivity index (χ3n) is 2.35. The SMILES string of the molecule is CCCCc1cc2cccc(O)c2o1. The van der Waals surface area contributed by atoms with Crippen LogP contribution in [0.15, 0.2) is 28.7 Å². The number of aryl methyl sites for hydroxylation is 1. The number of benzene rings is 1. The predicted molar refractivity (Wildman–Crippen MR) is 56.5 cm³/mol. The minimum absolute atomic E-state index is 0.227. The molecule has 0 saturated carbocycles. The van der Waals surface area contributed by atoms with Crippen molar-refractivity contribution < 1.29 is 9.52 Å². The number of phenolic OH excluding ortho intramolecular Hbond substituents is 1. The number of hydrogen-bond acceptors (Lipinski definition) is 2. The summed E-state index contributed by atoms with van der Waals surface area (Å²) >= 11 is 0. The lowest BCUT2D eigenvalue weighted by Crippen LogP contribution is -1.78. The maximum Gasteiger partial charge on any atom is 0.175 e. The van der Waals surface area contributed by atoms with Crippen LogP contribution in [0.1, 0.15) is 25.5 Å². The van der Waals surface area contributed by atoms with Crippen molar-refractivity contribution in [3.63, 3.8) is 0 Å². The number of rotatable bonds is 3. The predicted octanol–water partition coefficient (Wildman–Crippen LogP) is 3.48. The summed E-state index contributed by atoms with van der Waals surface area (Å²) in [5, 5.41) is 10.5. The Hall–Kier alpha value is -1.44. The first-order valence-electron chi connectivity index (χ1n) is 5.01. The maximum atomic E-state index is 9.52. The molecule has 14 heavy (non-hydrogen) atoms. The number of fused-ring (bicyclic) bond motifs is 1. The summed E-state index contributed by atoms with van der Waals surface area (Å²) < 4.78 is 5.55. The zero-order valence-corrected chi connectivity index (χ0v) is 8.29. The van der Waals surface area contributed by atoms with Gasteiger partial charge in [0, 0.05) is 11.8 Å². The Labute approximate surface area is 83.2 Å². The number of hydrogen-bond donors (Lipinski definition) is 1. The fourth-order valence-corrected chi connectivity index (χ4v) is 1.58. The van der Waals surface area contributed by atoms with E-state index in [1.807, 2.05) is 18.2 Å². The van der Waals surface area contributed by atoms with Crippen molar-refractivity contribution in [1.29, 1.82) is 0 Å². The normalized spacial score (nSPS) is 10.9. The van der Waals surface area contributed by atoms with E-state index in [1.54, 1.807) is 6.07 Å². The van der Waals surface area contributed by atoms with E-state index in [2.05, 4.69) is 6.92 Å². The molecule has 0 bridgehead atoms. The van der Waals surface area contributed by atoms with Crippen molar-refractivity contribution in [2.45, 2.75) is 26.2 Å². The molecule has 1 aromatic carbocycles. The molecule has 1 heterocycles. The van der Waals surface area contributed by atoms with Crippen molar-refractivity contribution in [3.05, 3.63) is 30.0 Å². The lowest BCUT2D eigenvalue weighted by Gasteiger charge is -1.92. The van der Waals surface area contributed by atoms with Crippen molar-refractivity contribution in [2.24, 2.45) is 0 Å². The van der Waals surface area contributed by atoms with E-state index in [-0.39, 0.29) is 5.75 Å². The van der Waals surface area contributed by atoms with Crippen LogP contribution in [-0.4, -0.2) is 5.11 Å². The van der Waals surface area contributed by atoms with Crippen LogP contribution in [0.2, 0.25) is 0 Å². The lowest BCUT2D eigenvalue weighted by atomic mass is 10.2. The van der Waals surface area contributed by atoms with Crippen LogP contribution in [0.3, 0.4) is 0 Å². The van der Waals surface area contributed by atoms with E-state index in [4.69, 9.17) is 4.42 Å². The Morgan fingerprint density at radius 3 is 2.93 bits per heavy atom. The third kappa shape index (κ3) is 1.60. The minimum atomic E-state index is 0.227. The molecular weight excluding hydrogens is 176 g/mol. The highest BCUT2D eigenvalue weighted by Crippen LogP contribution is 2.27.